The highest BCUT2D eigenvalue weighted by Crippen LogP contribution is 2.22. The third-order valence-corrected chi connectivity index (χ3v) is 4.02. The van der Waals surface area contributed by atoms with Crippen LogP contribution in [0.4, 0.5) is 0 Å². The molecule has 3 aromatic rings. The molecule has 0 radical (unpaired) electrons. The summed E-state index contributed by atoms with van der Waals surface area (Å²) in [5.41, 5.74) is 4.08. The highest BCUT2D eigenvalue weighted by Gasteiger charge is 2.18. The zero-order valence-corrected chi connectivity index (χ0v) is 14.0. The molecule has 0 atom stereocenters. The number of nitrogens with one attached hydrogen (secondary N) is 1. The van der Waals surface area contributed by atoms with Crippen molar-refractivity contribution in [1.82, 2.24) is 0 Å². The van der Waals surface area contributed by atoms with Crippen LogP contribution < -0.4 is 0 Å². The van der Waals surface area contributed by atoms with Gasteiger partial charge in [0.05, 0.1) is 5.56 Å². The normalized spacial score (nSPS) is 10.9. The van der Waals surface area contributed by atoms with Crippen molar-refractivity contribution in [3.63, 3.8) is 0 Å². The van der Waals surface area contributed by atoms with E-state index in [0.717, 1.165) is 26.7 Å². The standard InChI is InChI=1S/C21H15BrN/c22-19-13-11-18(12-14-19)21(23)20(17-9-5-2-6-10-17)15-16-7-3-1-4-8-16/h1-14,23H/q+1. The summed E-state index contributed by atoms with van der Waals surface area (Å²) in [6.45, 7) is 0. The Morgan fingerprint density at radius 3 is 1.87 bits per heavy atom. The maximum absolute atomic E-state index is 8.63. The molecule has 0 aliphatic carbocycles. The fourth-order valence-corrected chi connectivity index (χ4v) is 2.57. The SMILES string of the molecule is N=C(C(=[C+]c1ccccc1)c1ccccc1)c1ccc(Br)cc1. The van der Waals surface area contributed by atoms with Gasteiger partial charge >= 0.3 is 0 Å². The molecule has 1 nitrogen and oxygen atoms in total. The quantitative estimate of drug-likeness (QED) is 0.347. The molecular formula is C21H15BrN+. The lowest BCUT2D eigenvalue weighted by molar-refractivity contribution is 1.47. The molecule has 0 bridgehead atoms. The van der Waals surface area contributed by atoms with E-state index in [0.29, 0.717) is 5.71 Å². The number of benzene rings is 3. The Balaban J connectivity index is 2.07. The van der Waals surface area contributed by atoms with Crippen LogP contribution in [0.15, 0.2) is 89.4 Å². The van der Waals surface area contributed by atoms with Crippen molar-refractivity contribution in [2.45, 2.75) is 0 Å². The molecule has 3 aromatic carbocycles. The first kappa shape index (κ1) is 15.4. The Hall–Kier alpha value is -2.54. The molecule has 0 heterocycles. The third-order valence-electron chi connectivity index (χ3n) is 3.49. The Morgan fingerprint density at radius 2 is 1.26 bits per heavy atom. The second-order valence-corrected chi connectivity index (χ2v) is 6.03. The van der Waals surface area contributed by atoms with Crippen molar-refractivity contribution in [3.05, 3.63) is 112 Å². The van der Waals surface area contributed by atoms with Crippen LogP contribution in [0.5, 0.6) is 0 Å². The van der Waals surface area contributed by atoms with Gasteiger partial charge in [0, 0.05) is 28.2 Å². The number of hydrogen-bond donors (Lipinski definition) is 1. The van der Waals surface area contributed by atoms with Crippen LogP contribution in [0.1, 0.15) is 16.7 Å². The second kappa shape index (κ2) is 7.15. The first-order chi connectivity index (χ1) is 11.2. The lowest BCUT2D eigenvalue weighted by Gasteiger charge is -2.04. The van der Waals surface area contributed by atoms with Crippen molar-refractivity contribution < 1.29 is 0 Å². The summed E-state index contributed by atoms with van der Waals surface area (Å²) in [4.78, 5) is 0. The summed E-state index contributed by atoms with van der Waals surface area (Å²) in [6, 6.07) is 27.7. The van der Waals surface area contributed by atoms with E-state index in [9.17, 15) is 0 Å². The minimum absolute atomic E-state index is 0.465. The van der Waals surface area contributed by atoms with E-state index in [4.69, 9.17) is 5.41 Å². The van der Waals surface area contributed by atoms with Crippen molar-refractivity contribution in [1.29, 1.82) is 5.41 Å². The predicted molar refractivity (Wildman–Crippen MR) is 99.6 cm³/mol. The summed E-state index contributed by atoms with van der Waals surface area (Å²) < 4.78 is 1.01. The lowest BCUT2D eigenvalue weighted by Crippen LogP contribution is -2.03. The van der Waals surface area contributed by atoms with Gasteiger partial charge in [-0.05, 0) is 54.6 Å². The Bertz CT molecular complexity index is 819. The van der Waals surface area contributed by atoms with Gasteiger partial charge in [-0.3, -0.25) is 5.41 Å². The fraction of sp³-hybridized carbons (Fsp3) is 0. The average Bonchev–Trinajstić information content (AvgIpc) is 2.61. The molecule has 0 spiro atoms. The summed E-state index contributed by atoms with van der Waals surface area (Å²) >= 11 is 3.44. The predicted octanol–water partition coefficient (Wildman–Crippen LogP) is 5.75. The second-order valence-electron chi connectivity index (χ2n) is 5.11. The highest BCUT2D eigenvalue weighted by molar-refractivity contribution is 9.10. The molecule has 0 fully saturated rings. The summed E-state index contributed by atoms with van der Waals surface area (Å²) in [5, 5.41) is 8.63. The van der Waals surface area contributed by atoms with E-state index in [1.54, 1.807) is 0 Å². The van der Waals surface area contributed by atoms with Crippen LogP contribution in [0.25, 0.3) is 5.57 Å². The number of hydrogen-bond acceptors (Lipinski definition) is 1. The maximum atomic E-state index is 8.63. The summed E-state index contributed by atoms with van der Waals surface area (Å²) in [5.74, 6) is 0. The van der Waals surface area contributed by atoms with Crippen molar-refractivity contribution in [2.75, 3.05) is 0 Å². The molecule has 23 heavy (non-hydrogen) atoms. The van der Waals surface area contributed by atoms with Gasteiger partial charge in [0.15, 0.2) is 5.57 Å². The molecule has 2 heteroatoms. The van der Waals surface area contributed by atoms with E-state index in [-0.39, 0.29) is 0 Å². The molecule has 3 rings (SSSR count). The zero-order chi connectivity index (χ0) is 16.1. The third kappa shape index (κ3) is 3.81. The van der Waals surface area contributed by atoms with Gasteiger partial charge in [-0.1, -0.05) is 34.1 Å². The molecule has 0 aliphatic rings. The molecule has 0 amide bonds. The van der Waals surface area contributed by atoms with Crippen LogP contribution >= 0.6 is 15.9 Å². The van der Waals surface area contributed by atoms with Crippen molar-refractivity contribution >= 4 is 27.2 Å². The maximum Gasteiger partial charge on any atom is 0.155 e. The van der Waals surface area contributed by atoms with Gasteiger partial charge in [-0.15, -0.1) is 0 Å². The highest BCUT2D eigenvalue weighted by atomic mass is 79.9. The number of halogens is 1. The van der Waals surface area contributed by atoms with Crippen molar-refractivity contribution in [3.8, 4) is 0 Å². The van der Waals surface area contributed by atoms with Gasteiger partial charge < -0.3 is 0 Å². The van der Waals surface area contributed by atoms with E-state index in [1.165, 1.54) is 0 Å². The molecule has 0 unspecified atom stereocenters. The molecule has 0 saturated heterocycles. The summed E-state index contributed by atoms with van der Waals surface area (Å²) in [6.07, 6.45) is 3.39. The zero-order valence-electron chi connectivity index (χ0n) is 12.5. The minimum atomic E-state index is 0.465. The topological polar surface area (TPSA) is 23.9 Å². The van der Waals surface area contributed by atoms with Gasteiger partial charge in [0.2, 0.25) is 0 Å². The molecule has 0 aliphatic heterocycles. The Kier molecular flexibility index (Phi) is 4.77. The molecule has 1 N–H and O–H groups in total. The Labute approximate surface area is 145 Å². The fourth-order valence-electron chi connectivity index (χ4n) is 2.31. The first-order valence-electron chi connectivity index (χ1n) is 7.33. The molecule has 0 saturated carbocycles. The molecular weight excluding hydrogens is 346 g/mol. The van der Waals surface area contributed by atoms with Crippen LogP contribution in [0, 0.1) is 11.5 Å². The summed E-state index contributed by atoms with van der Waals surface area (Å²) in [7, 11) is 0. The van der Waals surface area contributed by atoms with E-state index < -0.39 is 0 Å². The van der Waals surface area contributed by atoms with Gasteiger partial charge in [0.25, 0.3) is 0 Å². The smallest absolute Gasteiger partial charge is 0.155 e. The number of rotatable bonds is 4. The Morgan fingerprint density at radius 1 is 0.696 bits per heavy atom. The van der Waals surface area contributed by atoms with Crippen molar-refractivity contribution in [2.24, 2.45) is 0 Å². The number of allylic oxidation sites excluding steroid dienone is 1. The first-order valence-corrected chi connectivity index (χ1v) is 8.12. The van der Waals surface area contributed by atoms with Gasteiger partial charge in [-0.2, -0.15) is 0 Å². The van der Waals surface area contributed by atoms with E-state index in [2.05, 4.69) is 22.0 Å². The van der Waals surface area contributed by atoms with Gasteiger partial charge in [-0.25, -0.2) is 0 Å². The molecule has 0 aromatic heterocycles. The van der Waals surface area contributed by atoms with Crippen LogP contribution in [-0.4, -0.2) is 5.71 Å². The minimum Gasteiger partial charge on any atom is -0.259 e. The van der Waals surface area contributed by atoms with E-state index in [1.807, 2.05) is 84.9 Å². The van der Waals surface area contributed by atoms with Crippen LogP contribution in [0.3, 0.4) is 0 Å². The van der Waals surface area contributed by atoms with Crippen LogP contribution in [0.2, 0.25) is 0 Å². The average molecular weight is 361 g/mol. The molecule has 110 valence electrons. The lowest BCUT2D eigenvalue weighted by atomic mass is 9.94. The monoisotopic (exact) mass is 360 g/mol. The van der Waals surface area contributed by atoms with Crippen LogP contribution in [-0.2, 0) is 0 Å². The largest absolute Gasteiger partial charge is 0.259 e. The van der Waals surface area contributed by atoms with Gasteiger partial charge in [0.1, 0.15) is 11.3 Å². The van der Waals surface area contributed by atoms with E-state index >= 15 is 0 Å².